The standard InChI is InChI=1S/C8H13N3O/c1-3-4-11-7-8(5-9-11)6-10(2)12/h3,5,7,12H,1,4,6H2,2H3. The lowest BCUT2D eigenvalue weighted by Crippen LogP contribution is -2.10. The van der Waals surface area contributed by atoms with Crippen molar-refractivity contribution in [2.45, 2.75) is 13.1 Å². The van der Waals surface area contributed by atoms with Gasteiger partial charge in [0.1, 0.15) is 0 Å². The van der Waals surface area contributed by atoms with Crippen LogP contribution in [0.2, 0.25) is 0 Å². The SMILES string of the molecule is C=CCn1cc(CN(C)O)cn1. The van der Waals surface area contributed by atoms with Gasteiger partial charge in [0.2, 0.25) is 0 Å². The van der Waals surface area contributed by atoms with Crippen molar-refractivity contribution in [3.8, 4) is 0 Å². The van der Waals surface area contributed by atoms with E-state index in [0.717, 1.165) is 10.6 Å². The lowest BCUT2D eigenvalue weighted by Gasteiger charge is -2.03. The molecule has 0 amide bonds. The van der Waals surface area contributed by atoms with E-state index in [1.54, 1.807) is 24.0 Å². The molecule has 0 aliphatic heterocycles. The van der Waals surface area contributed by atoms with Gasteiger partial charge in [0.15, 0.2) is 0 Å². The van der Waals surface area contributed by atoms with Crippen LogP contribution in [0.25, 0.3) is 0 Å². The smallest absolute Gasteiger partial charge is 0.0587 e. The third-order valence-corrected chi connectivity index (χ3v) is 1.41. The predicted molar refractivity (Wildman–Crippen MR) is 45.7 cm³/mol. The van der Waals surface area contributed by atoms with E-state index < -0.39 is 0 Å². The molecule has 0 aliphatic carbocycles. The zero-order valence-electron chi connectivity index (χ0n) is 7.14. The zero-order chi connectivity index (χ0) is 8.97. The third kappa shape index (κ3) is 2.48. The van der Waals surface area contributed by atoms with E-state index >= 15 is 0 Å². The van der Waals surface area contributed by atoms with Gasteiger partial charge < -0.3 is 5.21 Å². The summed E-state index contributed by atoms with van der Waals surface area (Å²) in [4.78, 5) is 0. The molecule has 1 rings (SSSR count). The Morgan fingerprint density at radius 3 is 3.17 bits per heavy atom. The van der Waals surface area contributed by atoms with Crippen molar-refractivity contribution in [3.63, 3.8) is 0 Å². The highest BCUT2D eigenvalue weighted by atomic mass is 16.5. The third-order valence-electron chi connectivity index (χ3n) is 1.41. The molecule has 0 spiro atoms. The van der Waals surface area contributed by atoms with Crippen LogP contribution < -0.4 is 0 Å². The number of hydrogen-bond acceptors (Lipinski definition) is 3. The molecule has 0 saturated heterocycles. The van der Waals surface area contributed by atoms with Crippen molar-refractivity contribution in [1.29, 1.82) is 0 Å². The summed E-state index contributed by atoms with van der Waals surface area (Å²) in [6.07, 6.45) is 5.39. The molecule has 0 aromatic carbocycles. The maximum atomic E-state index is 8.92. The summed E-state index contributed by atoms with van der Waals surface area (Å²) in [5, 5.41) is 14.1. The van der Waals surface area contributed by atoms with E-state index in [9.17, 15) is 0 Å². The van der Waals surface area contributed by atoms with E-state index in [4.69, 9.17) is 5.21 Å². The summed E-state index contributed by atoms with van der Waals surface area (Å²) in [5.41, 5.74) is 0.988. The maximum absolute atomic E-state index is 8.92. The van der Waals surface area contributed by atoms with Crippen molar-refractivity contribution in [2.75, 3.05) is 7.05 Å². The van der Waals surface area contributed by atoms with Crippen LogP contribution in [0.4, 0.5) is 0 Å². The molecule has 1 N–H and O–H groups in total. The fraction of sp³-hybridized carbons (Fsp3) is 0.375. The number of rotatable bonds is 4. The summed E-state index contributed by atoms with van der Waals surface area (Å²) in [5.74, 6) is 0. The second-order valence-corrected chi connectivity index (χ2v) is 2.68. The topological polar surface area (TPSA) is 41.3 Å². The Bertz CT molecular complexity index is 255. The number of hydrogen-bond donors (Lipinski definition) is 1. The minimum Gasteiger partial charge on any atom is -0.314 e. The van der Waals surface area contributed by atoms with Crippen molar-refractivity contribution < 1.29 is 5.21 Å². The van der Waals surface area contributed by atoms with E-state index in [2.05, 4.69) is 11.7 Å². The zero-order valence-corrected chi connectivity index (χ0v) is 7.14. The Labute approximate surface area is 71.7 Å². The number of aromatic nitrogens is 2. The molecule has 0 radical (unpaired) electrons. The molecule has 4 heteroatoms. The highest BCUT2D eigenvalue weighted by molar-refractivity contribution is 5.03. The van der Waals surface area contributed by atoms with Gasteiger partial charge in [-0.25, -0.2) is 0 Å². The molecular formula is C8H13N3O. The fourth-order valence-electron chi connectivity index (χ4n) is 0.984. The van der Waals surface area contributed by atoms with Gasteiger partial charge >= 0.3 is 0 Å². The monoisotopic (exact) mass is 167 g/mol. The largest absolute Gasteiger partial charge is 0.314 e. The van der Waals surface area contributed by atoms with Gasteiger partial charge in [0.25, 0.3) is 0 Å². The highest BCUT2D eigenvalue weighted by Crippen LogP contribution is 1.99. The Kier molecular flexibility index (Phi) is 3.01. The first-order valence-electron chi connectivity index (χ1n) is 3.74. The van der Waals surface area contributed by atoms with Gasteiger partial charge in [-0.3, -0.25) is 4.68 Å². The van der Waals surface area contributed by atoms with Crippen molar-refractivity contribution in [3.05, 3.63) is 30.6 Å². The van der Waals surface area contributed by atoms with E-state index in [1.807, 2.05) is 6.20 Å². The predicted octanol–water partition coefficient (Wildman–Crippen LogP) is 0.890. The molecule has 1 heterocycles. The molecule has 4 nitrogen and oxygen atoms in total. The van der Waals surface area contributed by atoms with Crippen LogP contribution in [0, 0.1) is 0 Å². The summed E-state index contributed by atoms with van der Waals surface area (Å²) in [7, 11) is 1.60. The molecule has 12 heavy (non-hydrogen) atoms. The van der Waals surface area contributed by atoms with Crippen LogP contribution in [0.15, 0.2) is 25.0 Å². The average Bonchev–Trinajstić information content (AvgIpc) is 2.36. The van der Waals surface area contributed by atoms with Gasteiger partial charge in [-0.1, -0.05) is 6.08 Å². The van der Waals surface area contributed by atoms with Gasteiger partial charge in [-0.05, 0) is 0 Å². The first kappa shape index (κ1) is 8.96. The first-order chi connectivity index (χ1) is 5.72. The lowest BCUT2D eigenvalue weighted by molar-refractivity contribution is -0.0731. The maximum Gasteiger partial charge on any atom is 0.0587 e. The second-order valence-electron chi connectivity index (χ2n) is 2.68. The van der Waals surface area contributed by atoms with Crippen LogP contribution >= 0.6 is 0 Å². The first-order valence-corrected chi connectivity index (χ1v) is 3.74. The Morgan fingerprint density at radius 2 is 2.58 bits per heavy atom. The summed E-state index contributed by atoms with van der Waals surface area (Å²) in [6, 6.07) is 0. The Balaban J connectivity index is 2.57. The summed E-state index contributed by atoms with van der Waals surface area (Å²) >= 11 is 0. The van der Waals surface area contributed by atoms with Gasteiger partial charge in [0.05, 0.1) is 19.3 Å². The molecule has 0 aliphatic rings. The Hall–Kier alpha value is -1.13. The van der Waals surface area contributed by atoms with Crippen LogP contribution in [-0.4, -0.2) is 27.1 Å². The van der Waals surface area contributed by atoms with E-state index in [0.29, 0.717) is 13.1 Å². The molecule has 0 saturated carbocycles. The van der Waals surface area contributed by atoms with E-state index in [1.165, 1.54) is 0 Å². The summed E-state index contributed by atoms with van der Waals surface area (Å²) < 4.78 is 1.77. The van der Waals surface area contributed by atoms with Gasteiger partial charge in [-0.2, -0.15) is 10.2 Å². The highest BCUT2D eigenvalue weighted by Gasteiger charge is 1.98. The molecule has 1 aromatic heterocycles. The van der Waals surface area contributed by atoms with Crippen molar-refractivity contribution >= 4 is 0 Å². The molecular weight excluding hydrogens is 154 g/mol. The number of allylic oxidation sites excluding steroid dienone is 1. The minimum absolute atomic E-state index is 0.497. The van der Waals surface area contributed by atoms with Gasteiger partial charge in [-0.15, -0.1) is 6.58 Å². The van der Waals surface area contributed by atoms with E-state index in [-0.39, 0.29) is 0 Å². The number of nitrogens with zero attached hydrogens (tertiary/aromatic N) is 3. The normalized spacial score (nSPS) is 10.6. The lowest BCUT2D eigenvalue weighted by atomic mass is 10.4. The summed E-state index contributed by atoms with van der Waals surface area (Å²) in [6.45, 7) is 4.81. The van der Waals surface area contributed by atoms with Crippen LogP contribution in [0.3, 0.4) is 0 Å². The minimum atomic E-state index is 0.497. The molecule has 66 valence electrons. The average molecular weight is 167 g/mol. The van der Waals surface area contributed by atoms with Gasteiger partial charge in [0, 0.05) is 18.8 Å². The van der Waals surface area contributed by atoms with Crippen LogP contribution in [0.5, 0.6) is 0 Å². The van der Waals surface area contributed by atoms with Crippen molar-refractivity contribution in [2.24, 2.45) is 0 Å². The molecule has 0 bridgehead atoms. The van der Waals surface area contributed by atoms with Crippen LogP contribution in [0.1, 0.15) is 5.56 Å². The molecule has 0 fully saturated rings. The molecule has 1 aromatic rings. The van der Waals surface area contributed by atoms with Crippen LogP contribution in [-0.2, 0) is 13.1 Å². The van der Waals surface area contributed by atoms with Crippen molar-refractivity contribution in [1.82, 2.24) is 14.8 Å². The Morgan fingerprint density at radius 1 is 1.83 bits per heavy atom. The molecule has 0 unspecified atom stereocenters. The second kappa shape index (κ2) is 4.04. The fourth-order valence-corrected chi connectivity index (χ4v) is 0.984. The quantitative estimate of drug-likeness (QED) is 0.535. The number of hydroxylamine groups is 2. The molecule has 0 atom stereocenters.